The Morgan fingerprint density at radius 3 is 2.35 bits per heavy atom. The van der Waals surface area contributed by atoms with Gasteiger partial charge in [0.25, 0.3) is 5.91 Å². The van der Waals surface area contributed by atoms with Gasteiger partial charge in [0, 0.05) is 18.3 Å². The van der Waals surface area contributed by atoms with E-state index in [1.807, 2.05) is 6.07 Å². The summed E-state index contributed by atoms with van der Waals surface area (Å²) in [6.07, 6.45) is 9.66. The predicted octanol–water partition coefficient (Wildman–Crippen LogP) is 5.89. The number of aryl methyl sites for hydroxylation is 2. The number of benzene rings is 2. The summed E-state index contributed by atoms with van der Waals surface area (Å²) in [5.74, 6) is -2.68. The van der Waals surface area contributed by atoms with Crippen LogP contribution in [0.3, 0.4) is 0 Å². The molecule has 1 unspecified atom stereocenters. The molecule has 1 N–H and O–H groups in total. The second-order valence-corrected chi connectivity index (χ2v) is 10.1. The first-order chi connectivity index (χ1) is 16.5. The zero-order valence-corrected chi connectivity index (χ0v) is 19.5. The summed E-state index contributed by atoms with van der Waals surface area (Å²) in [5, 5.41) is 3.11. The molecule has 2 amide bonds. The Balaban J connectivity index is 1.43. The van der Waals surface area contributed by atoms with Gasteiger partial charge in [0.05, 0.1) is 5.92 Å². The van der Waals surface area contributed by atoms with E-state index in [9.17, 15) is 18.4 Å². The smallest absolute Gasteiger partial charge is 0.260 e. The van der Waals surface area contributed by atoms with E-state index < -0.39 is 29.0 Å². The molecular formula is C28H32F2N2O2. The first kappa shape index (κ1) is 23.0. The largest absolute Gasteiger partial charge is 0.334 e. The van der Waals surface area contributed by atoms with E-state index in [1.165, 1.54) is 17.2 Å². The summed E-state index contributed by atoms with van der Waals surface area (Å²) in [4.78, 5) is 28.6. The van der Waals surface area contributed by atoms with Gasteiger partial charge in [-0.3, -0.25) is 9.59 Å². The number of fused-ring (bicyclic) bond motifs is 1. The van der Waals surface area contributed by atoms with Gasteiger partial charge in [-0.15, -0.1) is 0 Å². The molecule has 4 nitrogen and oxygen atoms in total. The van der Waals surface area contributed by atoms with Crippen molar-refractivity contribution in [1.29, 1.82) is 0 Å². The molecule has 0 bridgehead atoms. The van der Waals surface area contributed by atoms with Crippen molar-refractivity contribution in [2.24, 2.45) is 11.8 Å². The fourth-order valence-electron chi connectivity index (χ4n) is 6.33. The van der Waals surface area contributed by atoms with Crippen LogP contribution in [0.15, 0.2) is 36.4 Å². The Bertz CT molecular complexity index is 1060. The van der Waals surface area contributed by atoms with Crippen LogP contribution in [-0.4, -0.2) is 29.3 Å². The normalized spacial score (nSPS) is 22.9. The molecule has 2 fully saturated rings. The number of rotatable bonds is 4. The molecule has 180 valence electrons. The van der Waals surface area contributed by atoms with Crippen LogP contribution in [0.2, 0.25) is 0 Å². The first-order valence-electron chi connectivity index (χ1n) is 12.7. The van der Waals surface area contributed by atoms with Gasteiger partial charge in [-0.25, -0.2) is 8.78 Å². The minimum atomic E-state index is -0.850. The minimum absolute atomic E-state index is 0.0972. The second-order valence-electron chi connectivity index (χ2n) is 10.1. The Labute approximate surface area is 199 Å². The van der Waals surface area contributed by atoms with Crippen molar-refractivity contribution in [3.05, 3.63) is 64.7 Å². The number of halogens is 2. The van der Waals surface area contributed by atoms with Crippen LogP contribution >= 0.6 is 0 Å². The van der Waals surface area contributed by atoms with Crippen LogP contribution in [0.25, 0.3) is 0 Å². The molecule has 34 heavy (non-hydrogen) atoms. The standard InChI is InChI=1S/C28H32F2N2O2/c29-23-12-5-13-24(30)25(23)28(34)32-16-6-11-22(26(32)19-7-2-1-3-8-19)27(33)31-21-15-14-18-9-4-10-20(18)17-21/h5,12-15,17,19,22,26H,1-4,6-11,16H2,(H,31,33)/t22-,26?/m0/s1. The molecule has 2 aliphatic carbocycles. The van der Waals surface area contributed by atoms with Gasteiger partial charge in [0.2, 0.25) is 5.91 Å². The van der Waals surface area contributed by atoms with Crippen molar-refractivity contribution >= 4 is 17.5 Å². The van der Waals surface area contributed by atoms with Gasteiger partial charge in [0.1, 0.15) is 17.2 Å². The maximum absolute atomic E-state index is 14.5. The molecule has 1 saturated carbocycles. The van der Waals surface area contributed by atoms with Gasteiger partial charge < -0.3 is 10.2 Å². The molecule has 0 spiro atoms. The molecule has 0 aromatic heterocycles. The Hall–Kier alpha value is -2.76. The van der Waals surface area contributed by atoms with Gasteiger partial charge in [-0.1, -0.05) is 31.4 Å². The summed E-state index contributed by atoms with van der Waals surface area (Å²) < 4.78 is 29.0. The van der Waals surface area contributed by atoms with Crippen LogP contribution in [0, 0.1) is 23.5 Å². The third-order valence-electron chi connectivity index (χ3n) is 7.96. The molecule has 2 aromatic rings. The zero-order chi connectivity index (χ0) is 23.7. The number of carbonyl (C=O) groups excluding carboxylic acids is 2. The predicted molar refractivity (Wildman–Crippen MR) is 128 cm³/mol. The van der Waals surface area contributed by atoms with Crippen molar-refractivity contribution in [1.82, 2.24) is 4.90 Å². The lowest BCUT2D eigenvalue weighted by molar-refractivity contribution is -0.124. The summed E-state index contributed by atoms with van der Waals surface area (Å²) in [6, 6.07) is 9.27. The summed E-state index contributed by atoms with van der Waals surface area (Å²) in [7, 11) is 0. The average molecular weight is 467 g/mol. The average Bonchev–Trinajstić information content (AvgIpc) is 3.32. The van der Waals surface area contributed by atoms with E-state index >= 15 is 0 Å². The lowest BCUT2D eigenvalue weighted by Crippen LogP contribution is -2.55. The third kappa shape index (κ3) is 4.47. The number of carbonyl (C=O) groups is 2. The van der Waals surface area contributed by atoms with E-state index in [1.54, 1.807) is 4.90 Å². The Kier molecular flexibility index (Phi) is 6.66. The number of amides is 2. The zero-order valence-electron chi connectivity index (χ0n) is 19.5. The number of nitrogens with zero attached hydrogens (tertiary/aromatic N) is 1. The lowest BCUT2D eigenvalue weighted by atomic mass is 9.74. The van der Waals surface area contributed by atoms with Gasteiger partial charge in [0.15, 0.2) is 0 Å². The van der Waals surface area contributed by atoms with E-state index in [2.05, 4.69) is 17.4 Å². The van der Waals surface area contributed by atoms with Crippen LogP contribution in [0.4, 0.5) is 14.5 Å². The second kappa shape index (κ2) is 9.85. The molecule has 0 radical (unpaired) electrons. The van der Waals surface area contributed by atoms with Crippen LogP contribution in [0.1, 0.15) is 72.9 Å². The number of piperidine rings is 1. The third-order valence-corrected chi connectivity index (χ3v) is 7.96. The summed E-state index contributed by atoms with van der Waals surface area (Å²) >= 11 is 0. The number of hydrogen-bond acceptors (Lipinski definition) is 2. The minimum Gasteiger partial charge on any atom is -0.334 e. The van der Waals surface area contributed by atoms with Crippen molar-refractivity contribution in [2.45, 2.75) is 70.3 Å². The molecule has 3 aliphatic rings. The van der Waals surface area contributed by atoms with Gasteiger partial charge in [-0.2, -0.15) is 0 Å². The van der Waals surface area contributed by atoms with E-state index in [4.69, 9.17) is 0 Å². The highest BCUT2D eigenvalue weighted by Gasteiger charge is 2.44. The molecule has 1 aliphatic heterocycles. The molecule has 1 saturated heterocycles. The molecule has 6 heteroatoms. The van der Waals surface area contributed by atoms with Crippen LogP contribution in [0.5, 0.6) is 0 Å². The maximum Gasteiger partial charge on any atom is 0.260 e. The van der Waals surface area contributed by atoms with Crippen LogP contribution < -0.4 is 5.32 Å². The fourth-order valence-corrected chi connectivity index (χ4v) is 6.33. The molecule has 1 heterocycles. The van der Waals surface area contributed by atoms with E-state index in [0.717, 1.165) is 69.2 Å². The van der Waals surface area contributed by atoms with E-state index in [0.29, 0.717) is 19.4 Å². The number of hydrogen-bond donors (Lipinski definition) is 1. The highest BCUT2D eigenvalue weighted by atomic mass is 19.1. The Morgan fingerprint density at radius 2 is 1.59 bits per heavy atom. The highest BCUT2D eigenvalue weighted by molar-refractivity contribution is 5.97. The summed E-state index contributed by atoms with van der Waals surface area (Å²) in [5.41, 5.74) is 2.91. The van der Waals surface area contributed by atoms with Gasteiger partial charge in [-0.05, 0) is 86.3 Å². The van der Waals surface area contributed by atoms with Crippen molar-refractivity contribution in [3.8, 4) is 0 Å². The molecular weight excluding hydrogens is 434 g/mol. The number of likely N-dealkylation sites (tertiary alicyclic amines) is 1. The fraction of sp³-hybridized carbons (Fsp3) is 0.500. The Morgan fingerprint density at radius 1 is 0.853 bits per heavy atom. The lowest BCUT2D eigenvalue weighted by Gasteiger charge is -2.46. The van der Waals surface area contributed by atoms with Crippen molar-refractivity contribution in [2.75, 3.05) is 11.9 Å². The first-order valence-corrected chi connectivity index (χ1v) is 12.7. The SMILES string of the molecule is O=C(Nc1ccc2c(c1)CCC2)[C@H]1CCCN(C(=O)c2c(F)cccc2F)C1C1CCCCC1. The monoisotopic (exact) mass is 466 g/mol. The van der Waals surface area contributed by atoms with Crippen molar-refractivity contribution < 1.29 is 18.4 Å². The van der Waals surface area contributed by atoms with Crippen molar-refractivity contribution in [3.63, 3.8) is 0 Å². The maximum atomic E-state index is 14.5. The summed E-state index contributed by atoms with van der Waals surface area (Å²) in [6.45, 7) is 0.413. The number of nitrogens with one attached hydrogen (secondary N) is 1. The molecule has 2 atom stereocenters. The highest BCUT2D eigenvalue weighted by Crippen LogP contribution is 2.38. The quantitative estimate of drug-likeness (QED) is 0.611. The number of anilines is 1. The van der Waals surface area contributed by atoms with Gasteiger partial charge >= 0.3 is 0 Å². The van der Waals surface area contributed by atoms with E-state index in [-0.39, 0.29) is 17.9 Å². The molecule has 2 aromatic carbocycles. The molecule has 5 rings (SSSR count). The van der Waals surface area contributed by atoms with Crippen LogP contribution in [-0.2, 0) is 17.6 Å². The topological polar surface area (TPSA) is 49.4 Å².